The Morgan fingerprint density at radius 1 is 1.36 bits per heavy atom. The molecule has 0 aliphatic carbocycles. The Labute approximate surface area is 150 Å². The molecule has 0 aromatic carbocycles. The zero-order chi connectivity index (χ0) is 16.4. The van der Waals surface area contributed by atoms with Gasteiger partial charge in [0.25, 0.3) is 5.91 Å². The van der Waals surface area contributed by atoms with Crippen molar-refractivity contribution in [1.82, 2.24) is 35.4 Å². The molecule has 0 radical (unpaired) electrons. The van der Waals surface area contributed by atoms with Crippen molar-refractivity contribution >= 4 is 18.3 Å². The van der Waals surface area contributed by atoms with Gasteiger partial charge in [0.1, 0.15) is 12.1 Å². The van der Waals surface area contributed by atoms with Crippen LogP contribution in [0, 0.1) is 0 Å². The summed E-state index contributed by atoms with van der Waals surface area (Å²) in [7, 11) is 0. The highest BCUT2D eigenvalue weighted by molar-refractivity contribution is 5.94. The third-order valence-electron chi connectivity index (χ3n) is 4.08. The van der Waals surface area contributed by atoms with Gasteiger partial charge in [0.15, 0.2) is 5.69 Å². The molecule has 9 heteroatoms. The van der Waals surface area contributed by atoms with E-state index in [4.69, 9.17) is 0 Å². The van der Waals surface area contributed by atoms with Crippen molar-refractivity contribution in [1.29, 1.82) is 0 Å². The lowest BCUT2D eigenvalue weighted by Crippen LogP contribution is -2.28. The van der Waals surface area contributed by atoms with Crippen LogP contribution in [0.4, 0.5) is 0 Å². The van der Waals surface area contributed by atoms with Gasteiger partial charge >= 0.3 is 0 Å². The zero-order valence-corrected chi connectivity index (χ0v) is 14.2. The number of fused-ring (bicyclic) bond motifs is 1. The lowest BCUT2D eigenvalue weighted by atomic mass is 10.1. The Bertz CT molecular complexity index is 859. The van der Waals surface area contributed by atoms with E-state index in [1.807, 2.05) is 22.9 Å². The Balaban J connectivity index is 0.00000182. The van der Waals surface area contributed by atoms with Gasteiger partial charge in [-0.1, -0.05) is 6.07 Å². The fourth-order valence-electron chi connectivity index (χ4n) is 2.86. The van der Waals surface area contributed by atoms with Crippen LogP contribution in [0.1, 0.15) is 27.3 Å². The second-order valence-electron chi connectivity index (χ2n) is 5.59. The molecule has 25 heavy (non-hydrogen) atoms. The first kappa shape index (κ1) is 17.1. The summed E-state index contributed by atoms with van der Waals surface area (Å²) in [5.41, 5.74) is 3.37. The number of hydrogen-bond donors (Lipinski definition) is 3. The minimum absolute atomic E-state index is 0. The maximum Gasteiger partial charge on any atom is 0.272 e. The van der Waals surface area contributed by atoms with E-state index >= 15 is 0 Å². The molecule has 1 amide bonds. The largest absolute Gasteiger partial charge is 0.346 e. The van der Waals surface area contributed by atoms with Gasteiger partial charge in [-0.3, -0.25) is 14.5 Å². The third kappa shape index (κ3) is 3.40. The van der Waals surface area contributed by atoms with Crippen LogP contribution in [0.25, 0.3) is 5.82 Å². The van der Waals surface area contributed by atoms with E-state index in [2.05, 4.69) is 30.8 Å². The second kappa shape index (κ2) is 7.45. The highest BCUT2D eigenvalue weighted by Crippen LogP contribution is 2.16. The second-order valence-corrected chi connectivity index (χ2v) is 5.59. The van der Waals surface area contributed by atoms with Crippen molar-refractivity contribution in [2.24, 2.45) is 0 Å². The molecular formula is C16H18ClN7O. The zero-order valence-electron chi connectivity index (χ0n) is 13.4. The predicted octanol–water partition coefficient (Wildman–Crippen LogP) is 0.988. The van der Waals surface area contributed by atoms with Crippen LogP contribution in [0.15, 0.2) is 37.1 Å². The summed E-state index contributed by atoms with van der Waals surface area (Å²) in [6.07, 6.45) is 7.78. The number of nitrogens with zero attached hydrogens (tertiary/aromatic N) is 4. The molecule has 3 aromatic heterocycles. The molecule has 1 aliphatic rings. The molecule has 3 N–H and O–H groups in total. The molecule has 4 heterocycles. The number of carbonyl (C=O) groups is 1. The average molecular weight is 360 g/mol. The summed E-state index contributed by atoms with van der Waals surface area (Å²) in [5.74, 6) is 0.567. The van der Waals surface area contributed by atoms with Crippen molar-refractivity contribution in [3.63, 3.8) is 0 Å². The van der Waals surface area contributed by atoms with E-state index in [-0.39, 0.29) is 18.3 Å². The van der Waals surface area contributed by atoms with Crippen LogP contribution in [0.5, 0.6) is 0 Å². The molecule has 0 bridgehead atoms. The van der Waals surface area contributed by atoms with Crippen molar-refractivity contribution < 1.29 is 4.79 Å². The molecule has 0 fully saturated rings. The highest BCUT2D eigenvalue weighted by Gasteiger charge is 2.21. The first-order valence-electron chi connectivity index (χ1n) is 7.80. The number of carbonyl (C=O) groups excluding carboxylic acids is 1. The number of aromatic amines is 1. The fourth-order valence-corrected chi connectivity index (χ4v) is 2.86. The number of rotatable bonds is 4. The Hall–Kier alpha value is -2.71. The van der Waals surface area contributed by atoms with Crippen molar-refractivity contribution in [3.05, 3.63) is 59.6 Å². The van der Waals surface area contributed by atoms with Crippen LogP contribution in [0.2, 0.25) is 0 Å². The molecule has 1 aliphatic heterocycles. The van der Waals surface area contributed by atoms with Crippen LogP contribution in [-0.2, 0) is 19.5 Å². The summed E-state index contributed by atoms with van der Waals surface area (Å²) >= 11 is 0. The quantitative estimate of drug-likeness (QED) is 0.645. The number of imidazole rings is 1. The first-order chi connectivity index (χ1) is 11.8. The number of amides is 1. The summed E-state index contributed by atoms with van der Waals surface area (Å²) in [6.45, 7) is 1.94. The molecule has 3 aromatic rings. The van der Waals surface area contributed by atoms with Gasteiger partial charge in [0, 0.05) is 61.5 Å². The molecule has 8 nitrogen and oxygen atoms in total. The Morgan fingerprint density at radius 2 is 2.28 bits per heavy atom. The van der Waals surface area contributed by atoms with Crippen LogP contribution in [-0.4, -0.2) is 37.2 Å². The summed E-state index contributed by atoms with van der Waals surface area (Å²) < 4.78 is 1.82. The fraction of sp³-hybridized carbons (Fsp3) is 0.250. The van der Waals surface area contributed by atoms with Gasteiger partial charge in [-0.25, -0.2) is 9.97 Å². The number of hydrogen-bond acceptors (Lipinski definition) is 5. The van der Waals surface area contributed by atoms with Gasteiger partial charge in [0.05, 0.1) is 0 Å². The monoisotopic (exact) mass is 359 g/mol. The summed E-state index contributed by atoms with van der Waals surface area (Å²) in [5, 5.41) is 13.3. The smallest absolute Gasteiger partial charge is 0.272 e. The van der Waals surface area contributed by atoms with E-state index < -0.39 is 0 Å². The molecule has 0 unspecified atom stereocenters. The minimum atomic E-state index is -0.184. The van der Waals surface area contributed by atoms with E-state index in [0.29, 0.717) is 18.8 Å². The van der Waals surface area contributed by atoms with Gasteiger partial charge < -0.3 is 10.6 Å². The van der Waals surface area contributed by atoms with Crippen LogP contribution >= 0.6 is 12.4 Å². The molecule has 4 rings (SSSR count). The lowest BCUT2D eigenvalue weighted by Gasteiger charge is -2.13. The molecule has 0 atom stereocenters. The van der Waals surface area contributed by atoms with Gasteiger partial charge in [0.2, 0.25) is 0 Å². The summed E-state index contributed by atoms with van der Waals surface area (Å²) in [4.78, 5) is 20.9. The summed E-state index contributed by atoms with van der Waals surface area (Å²) in [6, 6.07) is 3.78. The SMILES string of the molecule is Cl.O=C(NCc1cccnc1-n1ccnc1)c1n[nH]c2c1CNCC2. The Kier molecular flexibility index (Phi) is 5.11. The number of nitrogens with one attached hydrogen (secondary N) is 3. The molecule has 0 spiro atoms. The third-order valence-corrected chi connectivity index (χ3v) is 4.08. The maximum absolute atomic E-state index is 12.5. The highest BCUT2D eigenvalue weighted by atomic mass is 35.5. The van der Waals surface area contributed by atoms with Crippen molar-refractivity contribution in [2.75, 3.05) is 6.54 Å². The van der Waals surface area contributed by atoms with E-state index in [0.717, 1.165) is 35.6 Å². The van der Waals surface area contributed by atoms with Gasteiger partial charge in [-0.05, 0) is 6.07 Å². The number of H-pyrrole nitrogens is 1. The van der Waals surface area contributed by atoms with Gasteiger partial charge in [-0.2, -0.15) is 5.10 Å². The molecule has 0 saturated heterocycles. The van der Waals surface area contributed by atoms with Crippen molar-refractivity contribution in [3.8, 4) is 5.82 Å². The van der Waals surface area contributed by atoms with E-state index in [1.54, 1.807) is 18.7 Å². The van der Waals surface area contributed by atoms with Crippen LogP contribution in [0.3, 0.4) is 0 Å². The lowest BCUT2D eigenvalue weighted by molar-refractivity contribution is 0.0944. The minimum Gasteiger partial charge on any atom is -0.346 e. The number of halogens is 1. The first-order valence-corrected chi connectivity index (χ1v) is 7.80. The van der Waals surface area contributed by atoms with E-state index in [1.165, 1.54) is 0 Å². The Morgan fingerprint density at radius 3 is 3.12 bits per heavy atom. The average Bonchev–Trinajstić information content (AvgIpc) is 3.29. The van der Waals surface area contributed by atoms with E-state index in [9.17, 15) is 4.79 Å². The maximum atomic E-state index is 12.5. The van der Waals surface area contributed by atoms with Gasteiger partial charge in [-0.15, -0.1) is 12.4 Å². The number of pyridine rings is 1. The molecular weight excluding hydrogens is 342 g/mol. The molecule has 0 saturated carbocycles. The molecule has 130 valence electrons. The van der Waals surface area contributed by atoms with Crippen molar-refractivity contribution in [2.45, 2.75) is 19.5 Å². The standard InChI is InChI=1S/C16H17N7O.ClH/c24-16(14-12-9-17-5-3-13(12)21-22-14)20-8-11-2-1-4-19-15(11)23-7-6-18-10-23;/h1-2,4,6-7,10,17H,3,5,8-9H2,(H,20,24)(H,21,22);1H. The predicted molar refractivity (Wildman–Crippen MR) is 93.8 cm³/mol. The normalized spacial score (nSPS) is 13.0. The topological polar surface area (TPSA) is 101 Å². The van der Waals surface area contributed by atoms with Crippen LogP contribution < -0.4 is 10.6 Å². The number of aromatic nitrogens is 5.